The van der Waals surface area contributed by atoms with Crippen LogP contribution in [-0.2, 0) is 19.1 Å². The van der Waals surface area contributed by atoms with Crippen LogP contribution in [0.3, 0.4) is 0 Å². The maximum atomic E-state index is 13.7. The molecule has 184 valence electrons. The summed E-state index contributed by atoms with van der Waals surface area (Å²) in [5.41, 5.74) is -0.532. The monoisotopic (exact) mass is 487 g/mol. The van der Waals surface area contributed by atoms with E-state index in [-0.39, 0.29) is 48.7 Å². The van der Waals surface area contributed by atoms with Crippen molar-refractivity contribution < 1.29 is 38.0 Å². The number of nitrogens with zero attached hydrogens (tertiary/aromatic N) is 2. The van der Waals surface area contributed by atoms with Gasteiger partial charge in [-0.2, -0.15) is 4.39 Å². The maximum Gasteiger partial charge on any atom is 0.338 e. The van der Waals surface area contributed by atoms with E-state index in [9.17, 15) is 33.7 Å². The normalized spacial score (nSPS) is 15.0. The molecule has 0 spiro atoms. The van der Waals surface area contributed by atoms with Gasteiger partial charge in [0.15, 0.2) is 0 Å². The van der Waals surface area contributed by atoms with Crippen LogP contribution in [0.4, 0.5) is 21.5 Å². The second-order valence-electron chi connectivity index (χ2n) is 7.53. The minimum Gasteiger partial charge on any atom is -0.462 e. The van der Waals surface area contributed by atoms with Crippen molar-refractivity contribution in [3.05, 3.63) is 63.5 Å². The van der Waals surface area contributed by atoms with Crippen LogP contribution in [0.1, 0.15) is 41.0 Å². The standard InChI is InChI=1S/C23H22FN3O8/c1-3-34-22(30)13-7-14(23(31)35-4-2)9-16(8-13)25-21(29)15-10-20(28)26(12-15)17-5-6-18(24)19(11-17)27(32)33/h5-9,11,15H,3-4,10,12H2,1-2H3,(H,25,29). The Morgan fingerprint density at radius 3 is 2.23 bits per heavy atom. The molecule has 1 aliphatic heterocycles. The summed E-state index contributed by atoms with van der Waals surface area (Å²) in [5, 5.41) is 13.6. The summed E-state index contributed by atoms with van der Waals surface area (Å²) < 4.78 is 23.6. The van der Waals surface area contributed by atoms with Gasteiger partial charge in [-0.1, -0.05) is 0 Å². The Morgan fingerprint density at radius 1 is 1.09 bits per heavy atom. The van der Waals surface area contributed by atoms with E-state index in [1.807, 2.05) is 0 Å². The number of hydrogen-bond donors (Lipinski definition) is 1. The molecule has 2 aromatic carbocycles. The number of nitrogens with one attached hydrogen (secondary N) is 1. The van der Waals surface area contributed by atoms with Crippen LogP contribution in [0.25, 0.3) is 0 Å². The van der Waals surface area contributed by atoms with Crippen LogP contribution in [0.5, 0.6) is 0 Å². The summed E-state index contributed by atoms with van der Waals surface area (Å²) in [5.74, 6) is -4.34. The highest BCUT2D eigenvalue weighted by molar-refractivity contribution is 6.05. The van der Waals surface area contributed by atoms with E-state index < -0.39 is 46.1 Å². The molecule has 0 radical (unpaired) electrons. The SMILES string of the molecule is CCOC(=O)c1cc(NC(=O)C2CC(=O)N(c3ccc(F)c([N+](=O)[O-])c3)C2)cc(C(=O)OCC)c1. The average molecular weight is 487 g/mol. The highest BCUT2D eigenvalue weighted by atomic mass is 19.1. The molecule has 0 saturated carbocycles. The number of benzene rings is 2. The van der Waals surface area contributed by atoms with Crippen molar-refractivity contribution in [3.63, 3.8) is 0 Å². The van der Waals surface area contributed by atoms with Crippen molar-refractivity contribution >= 4 is 40.8 Å². The molecule has 1 fully saturated rings. The molecule has 35 heavy (non-hydrogen) atoms. The lowest BCUT2D eigenvalue weighted by atomic mass is 10.1. The Bertz CT molecular complexity index is 1160. The van der Waals surface area contributed by atoms with E-state index in [0.29, 0.717) is 0 Å². The summed E-state index contributed by atoms with van der Waals surface area (Å²) >= 11 is 0. The van der Waals surface area contributed by atoms with Gasteiger partial charge in [0, 0.05) is 24.7 Å². The lowest BCUT2D eigenvalue weighted by Crippen LogP contribution is -2.28. The Morgan fingerprint density at radius 2 is 1.69 bits per heavy atom. The number of amides is 2. The van der Waals surface area contributed by atoms with E-state index in [4.69, 9.17) is 9.47 Å². The van der Waals surface area contributed by atoms with E-state index in [0.717, 1.165) is 17.0 Å². The molecular weight excluding hydrogens is 465 g/mol. The van der Waals surface area contributed by atoms with Crippen LogP contribution >= 0.6 is 0 Å². The van der Waals surface area contributed by atoms with Gasteiger partial charge in [0.05, 0.1) is 40.9 Å². The minimum atomic E-state index is -1.04. The number of hydrogen-bond acceptors (Lipinski definition) is 8. The van der Waals surface area contributed by atoms with E-state index in [2.05, 4.69) is 5.32 Å². The Labute approximate surface area is 198 Å². The quantitative estimate of drug-likeness (QED) is 0.340. The zero-order chi connectivity index (χ0) is 25.7. The van der Waals surface area contributed by atoms with Gasteiger partial charge in [-0.05, 0) is 44.2 Å². The largest absolute Gasteiger partial charge is 0.462 e. The topological polar surface area (TPSA) is 145 Å². The first kappa shape index (κ1) is 25.3. The first-order valence-electron chi connectivity index (χ1n) is 10.7. The van der Waals surface area contributed by atoms with Crippen LogP contribution < -0.4 is 10.2 Å². The van der Waals surface area contributed by atoms with E-state index >= 15 is 0 Å². The second kappa shape index (κ2) is 10.7. The van der Waals surface area contributed by atoms with Crippen molar-refractivity contribution in [2.75, 3.05) is 30.0 Å². The molecule has 2 amide bonds. The number of carbonyl (C=O) groups excluding carboxylic acids is 4. The Hall–Kier alpha value is -4.35. The fourth-order valence-electron chi connectivity index (χ4n) is 3.55. The zero-order valence-electron chi connectivity index (χ0n) is 18.9. The molecule has 1 N–H and O–H groups in total. The molecule has 3 rings (SSSR count). The number of esters is 2. The van der Waals surface area contributed by atoms with Gasteiger partial charge in [-0.15, -0.1) is 0 Å². The van der Waals surface area contributed by atoms with E-state index in [1.165, 1.54) is 24.3 Å². The van der Waals surface area contributed by atoms with E-state index in [1.54, 1.807) is 13.8 Å². The van der Waals surface area contributed by atoms with Gasteiger partial charge in [0.25, 0.3) is 0 Å². The number of nitro groups is 1. The Balaban J connectivity index is 1.81. The number of carbonyl (C=O) groups is 4. The molecule has 1 unspecified atom stereocenters. The van der Waals surface area contributed by atoms with Gasteiger partial charge in [0.1, 0.15) is 0 Å². The van der Waals surface area contributed by atoms with Crippen LogP contribution in [-0.4, -0.2) is 48.4 Å². The molecular formula is C23H22FN3O8. The van der Waals surface area contributed by atoms with Crippen LogP contribution in [0.15, 0.2) is 36.4 Å². The summed E-state index contributed by atoms with van der Waals surface area (Å²) in [6, 6.07) is 6.98. The lowest BCUT2D eigenvalue weighted by molar-refractivity contribution is -0.387. The third kappa shape index (κ3) is 5.78. The fraction of sp³-hybridized carbons (Fsp3) is 0.304. The molecule has 1 saturated heterocycles. The second-order valence-corrected chi connectivity index (χ2v) is 7.53. The summed E-state index contributed by atoms with van der Waals surface area (Å²) in [4.78, 5) is 61.1. The van der Waals surface area contributed by atoms with Gasteiger partial charge in [-0.25, -0.2) is 9.59 Å². The minimum absolute atomic E-state index is 0.0236. The number of ether oxygens (including phenoxy) is 2. The summed E-state index contributed by atoms with van der Waals surface area (Å²) in [6.45, 7) is 3.34. The van der Waals surface area contributed by atoms with Crippen molar-refractivity contribution in [3.8, 4) is 0 Å². The van der Waals surface area contributed by atoms with Crippen molar-refractivity contribution in [1.29, 1.82) is 0 Å². The maximum absolute atomic E-state index is 13.7. The van der Waals surface area contributed by atoms with Gasteiger partial charge >= 0.3 is 17.6 Å². The smallest absolute Gasteiger partial charge is 0.338 e. The van der Waals surface area contributed by atoms with Crippen molar-refractivity contribution in [2.45, 2.75) is 20.3 Å². The predicted octanol–water partition coefficient (Wildman–Crippen LogP) is 3.08. The molecule has 0 bridgehead atoms. The number of anilines is 2. The zero-order valence-corrected chi connectivity index (χ0v) is 18.9. The lowest BCUT2D eigenvalue weighted by Gasteiger charge is -2.17. The first-order valence-corrected chi connectivity index (χ1v) is 10.7. The van der Waals surface area contributed by atoms with Gasteiger partial charge < -0.3 is 19.7 Å². The molecule has 1 heterocycles. The predicted molar refractivity (Wildman–Crippen MR) is 120 cm³/mol. The molecule has 11 nitrogen and oxygen atoms in total. The number of nitro benzene ring substituents is 1. The van der Waals surface area contributed by atoms with Crippen molar-refractivity contribution in [2.24, 2.45) is 5.92 Å². The average Bonchev–Trinajstić information content (AvgIpc) is 3.21. The highest BCUT2D eigenvalue weighted by Crippen LogP contribution is 2.30. The third-order valence-corrected chi connectivity index (χ3v) is 5.16. The first-order chi connectivity index (χ1) is 16.6. The third-order valence-electron chi connectivity index (χ3n) is 5.16. The highest BCUT2D eigenvalue weighted by Gasteiger charge is 2.36. The number of rotatable bonds is 8. The summed E-state index contributed by atoms with van der Waals surface area (Å²) in [6.07, 6.45) is -0.195. The molecule has 2 aromatic rings. The molecule has 12 heteroatoms. The Kier molecular flexibility index (Phi) is 7.74. The van der Waals surface area contributed by atoms with Crippen LogP contribution in [0.2, 0.25) is 0 Å². The molecule has 0 aliphatic carbocycles. The van der Waals surface area contributed by atoms with Crippen molar-refractivity contribution in [1.82, 2.24) is 0 Å². The fourth-order valence-corrected chi connectivity index (χ4v) is 3.55. The summed E-state index contributed by atoms with van der Waals surface area (Å²) in [7, 11) is 0. The van der Waals surface area contributed by atoms with Gasteiger partial charge in [0.2, 0.25) is 17.6 Å². The van der Waals surface area contributed by atoms with Gasteiger partial charge in [-0.3, -0.25) is 19.7 Å². The number of halogens is 1. The molecule has 1 atom stereocenters. The molecule has 1 aliphatic rings. The molecule has 0 aromatic heterocycles. The van der Waals surface area contributed by atoms with Crippen LogP contribution in [0, 0.1) is 21.8 Å².